The van der Waals surface area contributed by atoms with Crippen molar-refractivity contribution in [3.63, 3.8) is 0 Å². The Morgan fingerprint density at radius 1 is 1.03 bits per heavy atom. The van der Waals surface area contributed by atoms with Gasteiger partial charge < -0.3 is 10.6 Å². The molecule has 1 saturated heterocycles. The molecular formula is C24H27N5OS. The van der Waals surface area contributed by atoms with Crippen LogP contribution >= 0.6 is 11.3 Å². The Bertz CT molecular complexity index is 1120. The number of nitrogens with two attached hydrogens (primary N) is 1. The fourth-order valence-corrected chi connectivity index (χ4v) is 5.79. The van der Waals surface area contributed by atoms with E-state index in [4.69, 9.17) is 15.7 Å². The molecule has 0 unspecified atom stereocenters. The van der Waals surface area contributed by atoms with Crippen molar-refractivity contribution in [1.29, 1.82) is 0 Å². The van der Waals surface area contributed by atoms with Crippen LogP contribution in [0.5, 0.6) is 0 Å². The van der Waals surface area contributed by atoms with Crippen LogP contribution in [-0.2, 0) is 17.6 Å². The SMILES string of the molecule is NC(=O)CN1CCN(c2nc(C=Cc3ccccc3)nc3sc4c(c23)CCCC4)CC1. The maximum absolute atomic E-state index is 11.3. The smallest absolute Gasteiger partial charge is 0.231 e. The molecule has 1 aliphatic heterocycles. The fourth-order valence-electron chi connectivity index (χ4n) is 4.53. The van der Waals surface area contributed by atoms with E-state index >= 15 is 0 Å². The molecule has 1 fully saturated rings. The third-order valence-electron chi connectivity index (χ3n) is 6.09. The molecule has 3 heterocycles. The summed E-state index contributed by atoms with van der Waals surface area (Å²) in [5, 5.41) is 1.25. The van der Waals surface area contributed by atoms with Gasteiger partial charge in [0.25, 0.3) is 0 Å². The second-order valence-corrected chi connectivity index (χ2v) is 9.35. The van der Waals surface area contributed by atoms with Crippen molar-refractivity contribution in [3.8, 4) is 0 Å². The number of carbonyl (C=O) groups excluding carboxylic acids is 1. The topological polar surface area (TPSA) is 75.4 Å². The molecule has 0 saturated carbocycles. The molecule has 160 valence electrons. The Morgan fingerprint density at radius 3 is 2.58 bits per heavy atom. The van der Waals surface area contributed by atoms with Crippen molar-refractivity contribution in [2.75, 3.05) is 37.6 Å². The van der Waals surface area contributed by atoms with Crippen LogP contribution in [0.3, 0.4) is 0 Å². The van der Waals surface area contributed by atoms with Crippen molar-refractivity contribution in [2.24, 2.45) is 5.73 Å². The molecule has 1 amide bonds. The minimum Gasteiger partial charge on any atom is -0.369 e. The molecule has 3 aromatic rings. The number of rotatable bonds is 5. The van der Waals surface area contributed by atoms with Crippen LogP contribution < -0.4 is 10.6 Å². The quantitative estimate of drug-likeness (QED) is 0.668. The number of primary amides is 1. The first-order valence-electron chi connectivity index (χ1n) is 11.0. The van der Waals surface area contributed by atoms with Gasteiger partial charge in [-0.15, -0.1) is 11.3 Å². The van der Waals surface area contributed by atoms with E-state index in [0.29, 0.717) is 6.54 Å². The van der Waals surface area contributed by atoms with Gasteiger partial charge in [0.15, 0.2) is 5.82 Å². The molecule has 5 rings (SSSR count). The molecule has 6 nitrogen and oxygen atoms in total. The van der Waals surface area contributed by atoms with E-state index in [-0.39, 0.29) is 5.91 Å². The molecule has 31 heavy (non-hydrogen) atoms. The number of aromatic nitrogens is 2. The molecule has 0 radical (unpaired) electrons. The van der Waals surface area contributed by atoms with E-state index in [1.165, 1.54) is 28.7 Å². The lowest BCUT2D eigenvalue weighted by atomic mass is 9.97. The highest BCUT2D eigenvalue weighted by Crippen LogP contribution is 2.40. The van der Waals surface area contributed by atoms with E-state index in [9.17, 15) is 4.79 Å². The number of hydrogen-bond donors (Lipinski definition) is 1. The van der Waals surface area contributed by atoms with Crippen LogP contribution in [0.2, 0.25) is 0 Å². The van der Waals surface area contributed by atoms with Gasteiger partial charge in [0, 0.05) is 31.1 Å². The predicted molar refractivity (Wildman–Crippen MR) is 127 cm³/mol. The van der Waals surface area contributed by atoms with Crippen LogP contribution in [0.25, 0.3) is 22.4 Å². The summed E-state index contributed by atoms with van der Waals surface area (Å²) in [6.07, 6.45) is 8.85. The summed E-state index contributed by atoms with van der Waals surface area (Å²) < 4.78 is 0. The Hall–Kier alpha value is -2.77. The lowest BCUT2D eigenvalue weighted by Crippen LogP contribution is -2.49. The summed E-state index contributed by atoms with van der Waals surface area (Å²) in [4.78, 5) is 28.3. The molecule has 2 aromatic heterocycles. The molecule has 0 atom stereocenters. The van der Waals surface area contributed by atoms with Gasteiger partial charge in [-0.05, 0) is 42.9 Å². The molecule has 2 aliphatic rings. The Balaban J connectivity index is 1.51. The average Bonchev–Trinajstić information content (AvgIpc) is 3.16. The molecule has 0 bridgehead atoms. The summed E-state index contributed by atoms with van der Waals surface area (Å²) in [7, 11) is 0. The molecule has 0 spiro atoms. The Morgan fingerprint density at radius 2 is 1.81 bits per heavy atom. The number of anilines is 1. The lowest BCUT2D eigenvalue weighted by molar-refractivity contribution is -0.119. The van der Waals surface area contributed by atoms with Gasteiger partial charge in [0.1, 0.15) is 10.6 Å². The number of hydrogen-bond acceptors (Lipinski definition) is 6. The zero-order chi connectivity index (χ0) is 21.2. The standard InChI is InChI=1S/C24H27N5OS/c25-20(30)16-28-12-14-29(15-13-28)23-22-18-8-4-5-9-19(18)31-24(22)27-21(26-23)11-10-17-6-2-1-3-7-17/h1-3,6-7,10-11H,4-5,8-9,12-16H2,(H2,25,30). The first-order valence-corrected chi connectivity index (χ1v) is 11.8. The summed E-state index contributed by atoms with van der Waals surface area (Å²) in [5.41, 5.74) is 7.98. The molecule has 1 aromatic carbocycles. The van der Waals surface area contributed by atoms with Crippen molar-refractivity contribution >= 4 is 45.4 Å². The second kappa shape index (κ2) is 8.77. The molecular weight excluding hydrogens is 406 g/mol. The normalized spacial score (nSPS) is 17.4. The number of aryl methyl sites for hydroxylation is 2. The van der Waals surface area contributed by atoms with Crippen molar-refractivity contribution in [3.05, 3.63) is 52.2 Å². The van der Waals surface area contributed by atoms with Gasteiger partial charge >= 0.3 is 0 Å². The average molecular weight is 434 g/mol. The van der Waals surface area contributed by atoms with Gasteiger partial charge in [-0.25, -0.2) is 9.97 Å². The fraction of sp³-hybridized carbons (Fsp3) is 0.375. The van der Waals surface area contributed by atoms with Crippen LogP contribution in [0.15, 0.2) is 30.3 Å². The monoisotopic (exact) mass is 433 g/mol. The van der Waals surface area contributed by atoms with Crippen molar-refractivity contribution in [2.45, 2.75) is 25.7 Å². The highest BCUT2D eigenvalue weighted by atomic mass is 32.1. The zero-order valence-corrected chi connectivity index (χ0v) is 18.4. The summed E-state index contributed by atoms with van der Waals surface area (Å²) in [6.45, 7) is 3.63. The number of carbonyl (C=O) groups is 1. The summed E-state index contributed by atoms with van der Waals surface area (Å²) in [5.74, 6) is 1.54. The lowest BCUT2D eigenvalue weighted by Gasteiger charge is -2.35. The molecule has 1 aliphatic carbocycles. The highest BCUT2D eigenvalue weighted by Gasteiger charge is 2.26. The molecule has 7 heteroatoms. The van der Waals surface area contributed by atoms with Crippen molar-refractivity contribution < 1.29 is 4.79 Å². The second-order valence-electron chi connectivity index (χ2n) is 8.27. The van der Waals surface area contributed by atoms with Crippen LogP contribution in [0, 0.1) is 0 Å². The number of amides is 1. The van der Waals surface area contributed by atoms with E-state index in [2.05, 4.69) is 28.0 Å². The van der Waals surface area contributed by atoms with Gasteiger partial charge in [0.2, 0.25) is 5.91 Å². The highest BCUT2D eigenvalue weighted by molar-refractivity contribution is 7.19. The summed E-state index contributed by atoms with van der Waals surface area (Å²) in [6, 6.07) is 10.3. The number of benzene rings is 1. The minimum absolute atomic E-state index is 0.266. The van der Waals surface area contributed by atoms with Gasteiger partial charge in [-0.3, -0.25) is 9.69 Å². The maximum Gasteiger partial charge on any atom is 0.231 e. The third kappa shape index (κ3) is 4.34. The predicted octanol–water partition coefficient (Wildman–Crippen LogP) is 3.35. The third-order valence-corrected chi connectivity index (χ3v) is 7.27. The Kier molecular flexibility index (Phi) is 5.70. The van der Waals surface area contributed by atoms with Crippen LogP contribution in [-0.4, -0.2) is 53.5 Å². The number of nitrogens with zero attached hydrogens (tertiary/aromatic N) is 4. The number of piperazine rings is 1. The van der Waals surface area contributed by atoms with Gasteiger partial charge in [0.05, 0.1) is 11.9 Å². The number of thiophene rings is 1. The van der Waals surface area contributed by atoms with E-state index in [0.717, 1.165) is 61.1 Å². The first kappa shape index (κ1) is 20.2. The van der Waals surface area contributed by atoms with E-state index in [1.807, 2.05) is 35.6 Å². The molecule has 2 N–H and O–H groups in total. The maximum atomic E-state index is 11.3. The first-order chi connectivity index (χ1) is 15.2. The summed E-state index contributed by atoms with van der Waals surface area (Å²) >= 11 is 1.84. The van der Waals surface area contributed by atoms with Gasteiger partial charge in [-0.2, -0.15) is 0 Å². The van der Waals surface area contributed by atoms with Crippen LogP contribution in [0.4, 0.5) is 5.82 Å². The largest absolute Gasteiger partial charge is 0.369 e. The number of fused-ring (bicyclic) bond motifs is 3. The van der Waals surface area contributed by atoms with Crippen molar-refractivity contribution in [1.82, 2.24) is 14.9 Å². The van der Waals surface area contributed by atoms with E-state index in [1.54, 1.807) is 0 Å². The van der Waals surface area contributed by atoms with Crippen LogP contribution in [0.1, 0.15) is 34.7 Å². The van der Waals surface area contributed by atoms with Gasteiger partial charge in [-0.1, -0.05) is 36.4 Å². The van der Waals surface area contributed by atoms with E-state index < -0.39 is 0 Å². The Labute approximate surface area is 186 Å². The minimum atomic E-state index is -0.266. The zero-order valence-electron chi connectivity index (χ0n) is 17.6.